The number of cyclic esters (lactones) is 1. The van der Waals surface area contributed by atoms with Crippen LogP contribution in [0.2, 0.25) is 0 Å². The zero-order chi connectivity index (χ0) is 16.4. The monoisotopic (exact) mass is 311 g/mol. The highest BCUT2D eigenvalue weighted by Crippen LogP contribution is 2.34. The molecule has 0 saturated carbocycles. The Hall–Kier alpha value is -2.66. The molecular formula is C18H17NO4. The van der Waals surface area contributed by atoms with Gasteiger partial charge in [0.05, 0.1) is 6.04 Å². The molecular weight excluding hydrogens is 294 g/mol. The lowest BCUT2D eigenvalue weighted by Gasteiger charge is -2.22. The van der Waals surface area contributed by atoms with Crippen LogP contribution in [0.4, 0.5) is 4.79 Å². The minimum absolute atomic E-state index is 0.445. The van der Waals surface area contributed by atoms with Crippen molar-refractivity contribution in [2.24, 2.45) is 0 Å². The molecule has 3 rings (SSSR count). The van der Waals surface area contributed by atoms with E-state index in [0.717, 1.165) is 10.5 Å². The Morgan fingerprint density at radius 1 is 1.09 bits per heavy atom. The zero-order valence-electron chi connectivity index (χ0n) is 12.6. The van der Waals surface area contributed by atoms with Gasteiger partial charge in [-0.1, -0.05) is 60.7 Å². The Labute approximate surface area is 134 Å². The van der Waals surface area contributed by atoms with Crippen LogP contribution >= 0.6 is 0 Å². The summed E-state index contributed by atoms with van der Waals surface area (Å²) >= 11 is 0. The molecule has 23 heavy (non-hydrogen) atoms. The summed E-state index contributed by atoms with van der Waals surface area (Å²) in [5.41, 5.74) is 1.26. The van der Waals surface area contributed by atoms with Gasteiger partial charge in [-0.25, -0.2) is 9.69 Å². The maximum atomic E-state index is 12.5. The van der Waals surface area contributed by atoms with E-state index in [0.29, 0.717) is 5.56 Å². The quantitative estimate of drug-likeness (QED) is 0.946. The van der Waals surface area contributed by atoms with E-state index >= 15 is 0 Å². The van der Waals surface area contributed by atoms with E-state index in [-0.39, 0.29) is 0 Å². The van der Waals surface area contributed by atoms with Crippen LogP contribution < -0.4 is 0 Å². The number of benzene rings is 2. The molecule has 0 unspecified atom stereocenters. The predicted octanol–water partition coefficient (Wildman–Crippen LogP) is 2.83. The smallest absolute Gasteiger partial charge is 0.417 e. The van der Waals surface area contributed by atoms with Gasteiger partial charge in [0, 0.05) is 0 Å². The number of hydrogen-bond donors (Lipinski definition) is 1. The summed E-state index contributed by atoms with van der Waals surface area (Å²) in [5.74, 6) is -0.674. The predicted molar refractivity (Wildman–Crippen MR) is 83.4 cm³/mol. The van der Waals surface area contributed by atoms with Crippen molar-refractivity contribution in [2.45, 2.75) is 25.2 Å². The molecule has 1 N–H and O–H groups in total. The summed E-state index contributed by atoms with van der Waals surface area (Å²) < 4.78 is 5.33. The molecule has 0 aromatic heterocycles. The first-order chi connectivity index (χ1) is 11.1. The van der Waals surface area contributed by atoms with Gasteiger partial charge in [-0.3, -0.25) is 4.79 Å². The number of amides is 2. The molecule has 5 heteroatoms. The Morgan fingerprint density at radius 2 is 1.65 bits per heavy atom. The fourth-order valence-corrected chi connectivity index (χ4v) is 2.76. The minimum Gasteiger partial charge on any atom is -0.439 e. The van der Waals surface area contributed by atoms with Gasteiger partial charge in [-0.05, 0) is 18.1 Å². The molecule has 1 aliphatic heterocycles. The molecule has 0 radical (unpaired) electrons. The number of rotatable bonds is 3. The molecule has 5 nitrogen and oxygen atoms in total. The maximum absolute atomic E-state index is 12.5. The number of nitrogens with zero attached hydrogens (tertiary/aromatic N) is 1. The van der Waals surface area contributed by atoms with Crippen LogP contribution in [0.3, 0.4) is 0 Å². The second-order valence-corrected chi connectivity index (χ2v) is 5.48. The van der Waals surface area contributed by atoms with Gasteiger partial charge in [-0.15, -0.1) is 0 Å². The molecule has 2 amide bonds. The summed E-state index contributed by atoms with van der Waals surface area (Å²) in [5, 5.41) is 10.2. The standard InChI is InChI=1S/C18H17NO4/c1-12-16(14-10-6-3-7-11-14)23-18(22)19(12)17(21)15(20)13-8-4-2-5-9-13/h2-12,15-16,20H,1H3/t12-,15-,16-/m1/s1. The van der Waals surface area contributed by atoms with Crippen LogP contribution in [0.15, 0.2) is 60.7 Å². The summed E-state index contributed by atoms with van der Waals surface area (Å²) in [7, 11) is 0. The maximum Gasteiger partial charge on any atom is 0.417 e. The number of carbonyl (C=O) groups excluding carboxylic acids is 2. The van der Waals surface area contributed by atoms with Crippen LogP contribution in [0.25, 0.3) is 0 Å². The van der Waals surface area contributed by atoms with Crippen LogP contribution in [0.5, 0.6) is 0 Å². The Morgan fingerprint density at radius 3 is 2.26 bits per heavy atom. The van der Waals surface area contributed by atoms with Crippen molar-refractivity contribution in [2.75, 3.05) is 0 Å². The minimum atomic E-state index is -1.39. The number of ether oxygens (including phenoxy) is 1. The van der Waals surface area contributed by atoms with Crippen molar-refractivity contribution in [1.82, 2.24) is 4.90 Å². The molecule has 0 aliphatic carbocycles. The van der Waals surface area contributed by atoms with E-state index in [1.54, 1.807) is 37.3 Å². The number of imide groups is 1. The van der Waals surface area contributed by atoms with Crippen molar-refractivity contribution in [3.63, 3.8) is 0 Å². The van der Waals surface area contributed by atoms with Gasteiger partial charge in [0.15, 0.2) is 6.10 Å². The number of aliphatic hydroxyl groups is 1. The first-order valence-corrected chi connectivity index (χ1v) is 7.41. The average molecular weight is 311 g/mol. The largest absolute Gasteiger partial charge is 0.439 e. The van der Waals surface area contributed by atoms with Gasteiger partial charge in [-0.2, -0.15) is 0 Å². The van der Waals surface area contributed by atoms with E-state index in [9.17, 15) is 14.7 Å². The van der Waals surface area contributed by atoms with Crippen molar-refractivity contribution in [1.29, 1.82) is 0 Å². The van der Waals surface area contributed by atoms with Crippen LogP contribution in [-0.2, 0) is 9.53 Å². The lowest BCUT2D eigenvalue weighted by molar-refractivity contribution is -0.138. The molecule has 1 saturated heterocycles. The van der Waals surface area contributed by atoms with Gasteiger partial charge < -0.3 is 9.84 Å². The van der Waals surface area contributed by atoms with Crippen molar-refractivity contribution < 1.29 is 19.4 Å². The third-order valence-electron chi connectivity index (χ3n) is 3.98. The molecule has 3 atom stereocenters. The lowest BCUT2D eigenvalue weighted by Crippen LogP contribution is -2.40. The van der Waals surface area contributed by atoms with Crippen LogP contribution in [0.1, 0.15) is 30.3 Å². The molecule has 0 bridgehead atoms. The molecule has 1 fully saturated rings. The normalized spacial score (nSPS) is 21.8. The van der Waals surface area contributed by atoms with Gasteiger partial charge >= 0.3 is 6.09 Å². The summed E-state index contributed by atoms with van der Waals surface area (Å²) in [6.45, 7) is 1.73. The van der Waals surface area contributed by atoms with E-state index in [1.165, 1.54) is 0 Å². The van der Waals surface area contributed by atoms with Crippen LogP contribution in [-0.4, -0.2) is 28.0 Å². The van der Waals surface area contributed by atoms with E-state index in [2.05, 4.69) is 0 Å². The highest BCUT2D eigenvalue weighted by molar-refractivity contribution is 5.96. The number of hydrogen-bond acceptors (Lipinski definition) is 4. The topological polar surface area (TPSA) is 66.8 Å². The first kappa shape index (κ1) is 15.2. The number of carbonyl (C=O) groups is 2. The third kappa shape index (κ3) is 2.83. The van der Waals surface area contributed by atoms with Crippen molar-refractivity contribution >= 4 is 12.0 Å². The number of aliphatic hydroxyl groups excluding tert-OH is 1. The Bertz CT molecular complexity index is 701. The molecule has 2 aromatic carbocycles. The van der Waals surface area contributed by atoms with E-state index in [1.807, 2.05) is 30.3 Å². The summed E-state index contributed by atoms with van der Waals surface area (Å²) in [6, 6.07) is 17.3. The van der Waals surface area contributed by atoms with E-state index < -0.39 is 30.3 Å². The van der Waals surface area contributed by atoms with E-state index in [4.69, 9.17) is 4.74 Å². The lowest BCUT2D eigenvalue weighted by atomic mass is 10.0. The second kappa shape index (κ2) is 6.22. The average Bonchev–Trinajstić information content (AvgIpc) is 2.89. The molecule has 0 spiro atoms. The fraction of sp³-hybridized carbons (Fsp3) is 0.222. The van der Waals surface area contributed by atoms with Crippen molar-refractivity contribution in [3.05, 3.63) is 71.8 Å². The highest BCUT2D eigenvalue weighted by Gasteiger charge is 2.45. The first-order valence-electron chi connectivity index (χ1n) is 7.41. The zero-order valence-corrected chi connectivity index (χ0v) is 12.6. The SMILES string of the molecule is C[C@@H]1[C@H](c2ccccc2)OC(=O)N1C(=O)[C@H](O)c1ccccc1. The molecule has 1 aliphatic rings. The summed E-state index contributed by atoms with van der Waals surface area (Å²) in [4.78, 5) is 25.6. The molecule has 1 heterocycles. The third-order valence-corrected chi connectivity index (χ3v) is 3.98. The fourth-order valence-electron chi connectivity index (χ4n) is 2.76. The molecule has 118 valence electrons. The second-order valence-electron chi connectivity index (χ2n) is 5.48. The molecule has 2 aromatic rings. The van der Waals surface area contributed by atoms with Gasteiger partial charge in [0.2, 0.25) is 0 Å². The highest BCUT2D eigenvalue weighted by atomic mass is 16.6. The Kier molecular flexibility index (Phi) is 4.12. The van der Waals surface area contributed by atoms with Gasteiger partial charge in [0.1, 0.15) is 6.10 Å². The van der Waals surface area contributed by atoms with Crippen molar-refractivity contribution in [3.8, 4) is 0 Å². The van der Waals surface area contributed by atoms with Gasteiger partial charge in [0.25, 0.3) is 5.91 Å². The summed E-state index contributed by atoms with van der Waals surface area (Å²) in [6.07, 6.45) is -2.65. The van der Waals surface area contributed by atoms with Crippen LogP contribution in [0, 0.1) is 0 Å². The Balaban J connectivity index is 1.83.